The van der Waals surface area contributed by atoms with Crippen LogP contribution in [0.5, 0.6) is 0 Å². The predicted octanol–water partition coefficient (Wildman–Crippen LogP) is 3.81. The molecule has 4 nitrogen and oxygen atoms in total. The fraction of sp³-hybridized carbons (Fsp3) is 0.571. The Balaban J connectivity index is 0.00000121. The second kappa shape index (κ2) is 5.84. The zero-order valence-electron chi connectivity index (χ0n) is 11.1. The molecule has 3 atom stereocenters. The zero-order chi connectivity index (χ0) is 12.7. The third-order valence-electron chi connectivity index (χ3n) is 4.34. The summed E-state index contributed by atoms with van der Waals surface area (Å²) in [6.07, 6.45) is 6.52. The second-order valence-corrected chi connectivity index (χ2v) is 6.49. The van der Waals surface area contributed by atoms with Gasteiger partial charge in [-0.3, -0.25) is 0 Å². The molecule has 0 spiro atoms. The average molecular weight is 312 g/mol. The first-order valence-corrected chi connectivity index (χ1v) is 7.91. The number of hydrogen-bond donors (Lipinski definition) is 1. The molecule has 2 aliphatic rings. The van der Waals surface area contributed by atoms with E-state index in [1.54, 1.807) is 11.3 Å². The molecule has 1 N–H and O–H groups in total. The lowest BCUT2D eigenvalue weighted by Crippen LogP contribution is -2.30. The second-order valence-electron chi connectivity index (χ2n) is 5.54. The summed E-state index contributed by atoms with van der Waals surface area (Å²) >= 11 is 1.65. The van der Waals surface area contributed by atoms with Crippen molar-refractivity contribution in [1.82, 2.24) is 15.5 Å². The molecular formula is C14H18ClN3OS. The van der Waals surface area contributed by atoms with Gasteiger partial charge in [-0.25, -0.2) is 0 Å². The summed E-state index contributed by atoms with van der Waals surface area (Å²) in [5.41, 5.74) is 0. The summed E-state index contributed by atoms with van der Waals surface area (Å²) in [6, 6.07) is 4.96. The van der Waals surface area contributed by atoms with Crippen molar-refractivity contribution in [3.63, 3.8) is 0 Å². The number of thiophene rings is 1. The molecule has 3 heterocycles. The van der Waals surface area contributed by atoms with Gasteiger partial charge in [0.25, 0.3) is 0 Å². The monoisotopic (exact) mass is 311 g/mol. The largest absolute Gasteiger partial charge is 0.337 e. The minimum Gasteiger partial charge on any atom is -0.337 e. The Morgan fingerprint density at radius 3 is 3.00 bits per heavy atom. The van der Waals surface area contributed by atoms with Gasteiger partial charge in [-0.15, -0.1) is 23.7 Å². The van der Waals surface area contributed by atoms with E-state index in [2.05, 4.69) is 15.5 Å². The lowest BCUT2D eigenvalue weighted by Gasteiger charge is -2.24. The molecule has 0 amide bonds. The standard InChI is InChI=1S/C14H17N3OS.ClH/c1-2-5-10-9(4-1)8-11(15-10)14-16-13(17-18-14)12-6-3-7-19-12;/h3,6-7,9-11,15H,1-2,4-5,8H2;1H. The number of hydrogen-bond acceptors (Lipinski definition) is 5. The fourth-order valence-corrected chi connectivity index (χ4v) is 4.04. The van der Waals surface area contributed by atoms with Crippen molar-refractivity contribution in [2.45, 2.75) is 44.2 Å². The van der Waals surface area contributed by atoms with Crippen LogP contribution >= 0.6 is 23.7 Å². The summed E-state index contributed by atoms with van der Waals surface area (Å²) in [6.45, 7) is 0. The molecule has 1 aliphatic carbocycles. The molecule has 1 saturated heterocycles. The van der Waals surface area contributed by atoms with E-state index < -0.39 is 0 Å². The van der Waals surface area contributed by atoms with Crippen LogP contribution in [0.3, 0.4) is 0 Å². The number of nitrogens with one attached hydrogen (secondary N) is 1. The summed E-state index contributed by atoms with van der Waals surface area (Å²) in [5.74, 6) is 2.29. The highest BCUT2D eigenvalue weighted by atomic mass is 35.5. The first-order chi connectivity index (χ1) is 9.40. The van der Waals surface area contributed by atoms with E-state index >= 15 is 0 Å². The van der Waals surface area contributed by atoms with Gasteiger partial charge in [-0.1, -0.05) is 24.1 Å². The molecule has 1 aliphatic heterocycles. The summed E-state index contributed by atoms with van der Waals surface area (Å²) in [5, 5.41) is 9.82. The van der Waals surface area contributed by atoms with Crippen LogP contribution in [0.25, 0.3) is 10.7 Å². The molecule has 0 bridgehead atoms. The topological polar surface area (TPSA) is 51.0 Å². The first-order valence-electron chi connectivity index (χ1n) is 7.04. The Labute approximate surface area is 128 Å². The fourth-order valence-electron chi connectivity index (χ4n) is 3.39. The van der Waals surface area contributed by atoms with Crippen LogP contribution in [-0.2, 0) is 0 Å². The van der Waals surface area contributed by atoms with Gasteiger partial charge in [0, 0.05) is 6.04 Å². The van der Waals surface area contributed by atoms with Gasteiger partial charge >= 0.3 is 0 Å². The van der Waals surface area contributed by atoms with Crippen molar-refractivity contribution in [3.05, 3.63) is 23.4 Å². The number of aromatic nitrogens is 2. The van der Waals surface area contributed by atoms with Gasteiger partial charge in [0.1, 0.15) is 0 Å². The number of rotatable bonds is 2. The first kappa shape index (κ1) is 14.0. The zero-order valence-corrected chi connectivity index (χ0v) is 12.8. The van der Waals surface area contributed by atoms with E-state index in [-0.39, 0.29) is 18.4 Å². The van der Waals surface area contributed by atoms with Crippen LogP contribution in [0.15, 0.2) is 22.0 Å². The average Bonchev–Trinajstić information content (AvgIpc) is 3.17. The Morgan fingerprint density at radius 2 is 2.20 bits per heavy atom. The molecule has 2 aromatic heterocycles. The molecule has 4 rings (SSSR count). The highest BCUT2D eigenvalue weighted by Gasteiger charge is 2.38. The van der Waals surface area contributed by atoms with Gasteiger partial charge in [0.05, 0.1) is 10.9 Å². The van der Waals surface area contributed by atoms with Crippen LogP contribution in [0.4, 0.5) is 0 Å². The van der Waals surface area contributed by atoms with Gasteiger partial charge in [0.2, 0.25) is 11.7 Å². The lowest BCUT2D eigenvalue weighted by atomic mass is 9.85. The van der Waals surface area contributed by atoms with E-state index in [1.165, 1.54) is 25.7 Å². The van der Waals surface area contributed by atoms with Crippen molar-refractivity contribution in [2.75, 3.05) is 0 Å². The molecule has 2 aromatic rings. The summed E-state index contributed by atoms with van der Waals surface area (Å²) in [7, 11) is 0. The van der Waals surface area contributed by atoms with Crippen LogP contribution in [-0.4, -0.2) is 16.2 Å². The third-order valence-corrected chi connectivity index (χ3v) is 5.21. The van der Waals surface area contributed by atoms with Crippen molar-refractivity contribution >= 4 is 23.7 Å². The lowest BCUT2D eigenvalue weighted by molar-refractivity contribution is 0.324. The molecule has 20 heavy (non-hydrogen) atoms. The molecule has 108 valence electrons. The SMILES string of the molecule is Cl.c1csc(-c2noc(C3CC4CCCCC4N3)n2)c1. The van der Waals surface area contributed by atoms with Crippen molar-refractivity contribution in [3.8, 4) is 10.7 Å². The molecular weight excluding hydrogens is 294 g/mol. The molecule has 0 radical (unpaired) electrons. The van der Waals surface area contributed by atoms with Crippen molar-refractivity contribution in [1.29, 1.82) is 0 Å². The van der Waals surface area contributed by atoms with Crippen molar-refractivity contribution < 1.29 is 4.52 Å². The Hall–Kier alpha value is -0.910. The normalized spacial score (nSPS) is 28.9. The highest BCUT2D eigenvalue weighted by molar-refractivity contribution is 7.13. The molecule has 2 fully saturated rings. The van der Waals surface area contributed by atoms with E-state index in [0.717, 1.165) is 28.9 Å². The summed E-state index contributed by atoms with van der Waals surface area (Å²) in [4.78, 5) is 5.64. The van der Waals surface area contributed by atoms with Crippen LogP contribution in [0.2, 0.25) is 0 Å². The Kier molecular flexibility index (Phi) is 4.10. The van der Waals surface area contributed by atoms with E-state index in [4.69, 9.17) is 4.52 Å². The quantitative estimate of drug-likeness (QED) is 0.916. The maximum Gasteiger partial charge on any atom is 0.244 e. The predicted molar refractivity (Wildman–Crippen MR) is 81.1 cm³/mol. The van der Waals surface area contributed by atoms with E-state index in [0.29, 0.717) is 6.04 Å². The van der Waals surface area contributed by atoms with Crippen LogP contribution in [0.1, 0.15) is 44.0 Å². The number of nitrogens with zero attached hydrogens (tertiary/aromatic N) is 2. The van der Waals surface area contributed by atoms with Crippen LogP contribution in [0, 0.1) is 5.92 Å². The molecule has 3 unspecified atom stereocenters. The van der Waals surface area contributed by atoms with Gasteiger partial charge in [0.15, 0.2) is 0 Å². The van der Waals surface area contributed by atoms with Gasteiger partial charge in [-0.05, 0) is 36.6 Å². The Morgan fingerprint density at radius 1 is 1.30 bits per heavy atom. The third kappa shape index (κ3) is 2.50. The smallest absolute Gasteiger partial charge is 0.244 e. The maximum atomic E-state index is 5.46. The summed E-state index contributed by atoms with van der Waals surface area (Å²) < 4.78 is 5.46. The van der Waals surface area contributed by atoms with Gasteiger partial charge in [-0.2, -0.15) is 4.98 Å². The highest BCUT2D eigenvalue weighted by Crippen LogP contribution is 2.39. The molecule has 6 heteroatoms. The van der Waals surface area contributed by atoms with E-state index in [1.807, 2.05) is 17.5 Å². The number of halogens is 1. The molecule has 0 aromatic carbocycles. The minimum absolute atomic E-state index is 0. The molecule has 1 saturated carbocycles. The minimum atomic E-state index is 0. The maximum absolute atomic E-state index is 5.46. The Bertz CT molecular complexity index is 543. The number of fused-ring (bicyclic) bond motifs is 1. The van der Waals surface area contributed by atoms with Gasteiger partial charge < -0.3 is 9.84 Å². The van der Waals surface area contributed by atoms with E-state index in [9.17, 15) is 0 Å². The van der Waals surface area contributed by atoms with Crippen LogP contribution < -0.4 is 5.32 Å². The van der Waals surface area contributed by atoms with Crippen molar-refractivity contribution in [2.24, 2.45) is 5.92 Å².